The second kappa shape index (κ2) is 5.16. The minimum absolute atomic E-state index is 0.150. The van der Waals surface area contributed by atoms with Crippen molar-refractivity contribution in [2.45, 2.75) is 9.79 Å². The van der Waals surface area contributed by atoms with E-state index in [0.29, 0.717) is 11.3 Å². The van der Waals surface area contributed by atoms with Crippen LogP contribution in [0.4, 0.5) is 5.69 Å². The lowest BCUT2D eigenvalue weighted by atomic mass is 10.0. The number of nitrogens with two attached hydrogens (primary N) is 1. The highest BCUT2D eigenvalue weighted by atomic mass is 32.2. The van der Waals surface area contributed by atoms with Crippen LogP contribution in [0.5, 0.6) is 0 Å². The molecule has 2 rings (SSSR count). The van der Waals surface area contributed by atoms with Gasteiger partial charge in [0.05, 0.1) is 9.79 Å². The molecular weight excluding hydrogens is 310 g/mol. The molecule has 0 amide bonds. The summed E-state index contributed by atoms with van der Waals surface area (Å²) in [4.78, 5) is 0.370. The van der Waals surface area contributed by atoms with Crippen LogP contribution in [0.3, 0.4) is 0 Å². The number of sulfone groups is 2. The molecule has 0 heterocycles. The molecule has 0 unspecified atom stereocenters. The Morgan fingerprint density at radius 2 is 1.24 bits per heavy atom. The molecule has 0 saturated heterocycles. The van der Waals surface area contributed by atoms with Gasteiger partial charge in [-0.1, -0.05) is 18.2 Å². The summed E-state index contributed by atoms with van der Waals surface area (Å²) < 4.78 is 45.8. The standard InChI is InChI=1S/C14H15NO4S2/c1-20(16,17)11-5-3-10(4-6-11)13-8-7-12(9-14(13)15)21(2,18)19/h3-9H,15H2,1-2H3. The van der Waals surface area contributed by atoms with Crippen LogP contribution in [0.25, 0.3) is 11.1 Å². The van der Waals surface area contributed by atoms with Crippen molar-refractivity contribution < 1.29 is 16.8 Å². The van der Waals surface area contributed by atoms with Crippen molar-refractivity contribution in [2.75, 3.05) is 18.2 Å². The van der Waals surface area contributed by atoms with E-state index >= 15 is 0 Å². The zero-order valence-corrected chi connectivity index (χ0v) is 13.2. The van der Waals surface area contributed by atoms with Crippen LogP contribution < -0.4 is 5.73 Å². The van der Waals surface area contributed by atoms with Gasteiger partial charge >= 0.3 is 0 Å². The van der Waals surface area contributed by atoms with E-state index in [0.717, 1.165) is 18.1 Å². The topological polar surface area (TPSA) is 94.3 Å². The number of nitrogen functional groups attached to an aromatic ring is 1. The number of hydrogen-bond acceptors (Lipinski definition) is 5. The fraction of sp³-hybridized carbons (Fsp3) is 0.143. The highest BCUT2D eigenvalue weighted by molar-refractivity contribution is 7.91. The highest BCUT2D eigenvalue weighted by Crippen LogP contribution is 2.29. The molecule has 0 aromatic heterocycles. The van der Waals surface area contributed by atoms with Gasteiger partial charge in [-0.2, -0.15) is 0 Å². The van der Waals surface area contributed by atoms with E-state index in [1.165, 1.54) is 24.3 Å². The second-order valence-electron chi connectivity index (χ2n) is 4.82. The van der Waals surface area contributed by atoms with Crippen molar-refractivity contribution in [1.82, 2.24) is 0 Å². The first kappa shape index (κ1) is 15.5. The molecule has 0 aliphatic rings. The molecule has 0 bridgehead atoms. The molecule has 7 heteroatoms. The van der Waals surface area contributed by atoms with Crippen molar-refractivity contribution in [1.29, 1.82) is 0 Å². The predicted octanol–water partition coefficient (Wildman–Crippen LogP) is 1.74. The van der Waals surface area contributed by atoms with Crippen LogP contribution in [-0.2, 0) is 19.7 Å². The van der Waals surface area contributed by atoms with Gasteiger partial charge in [-0.3, -0.25) is 0 Å². The first-order valence-electron chi connectivity index (χ1n) is 5.99. The first-order valence-corrected chi connectivity index (χ1v) is 9.77. The van der Waals surface area contributed by atoms with Gasteiger partial charge in [0.25, 0.3) is 0 Å². The van der Waals surface area contributed by atoms with E-state index in [2.05, 4.69) is 0 Å². The zero-order valence-electron chi connectivity index (χ0n) is 11.6. The van der Waals surface area contributed by atoms with Gasteiger partial charge in [-0.05, 0) is 29.8 Å². The Morgan fingerprint density at radius 3 is 1.67 bits per heavy atom. The third kappa shape index (κ3) is 3.43. The second-order valence-corrected chi connectivity index (χ2v) is 8.85. The Hall–Kier alpha value is -1.86. The first-order chi connectivity index (χ1) is 9.59. The Kier molecular flexibility index (Phi) is 3.81. The minimum Gasteiger partial charge on any atom is -0.398 e. The predicted molar refractivity (Wildman–Crippen MR) is 82.5 cm³/mol. The lowest BCUT2D eigenvalue weighted by Crippen LogP contribution is -2.00. The average Bonchev–Trinajstić information content (AvgIpc) is 2.36. The number of benzene rings is 2. The normalized spacial score (nSPS) is 12.3. The molecule has 112 valence electrons. The number of rotatable bonds is 3. The van der Waals surface area contributed by atoms with Gasteiger partial charge in [0.2, 0.25) is 0 Å². The zero-order chi connectivity index (χ0) is 15.8. The summed E-state index contributed by atoms with van der Waals surface area (Å²) in [5, 5.41) is 0. The third-order valence-corrected chi connectivity index (χ3v) is 5.28. The fourth-order valence-corrected chi connectivity index (χ4v) is 3.20. The largest absolute Gasteiger partial charge is 0.398 e. The summed E-state index contributed by atoms with van der Waals surface area (Å²) in [5.74, 6) is 0. The maximum Gasteiger partial charge on any atom is 0.175 e. The van der Waals surface area contributed by atoms with Gasteiger partial charge in [-0.25, -0.2) is 16.8 Å². The third-order valence-electron chi connectivity index (χ3n) is 3.04. The Labute approximate surface area is 124 Å². The Bertz CT molecular complexity index is 883. The van der Waals surface area contributed by atoms with Crippen LogP contribution >= 0.6 is 0 Å². The lowest BCUT2D eigenvalue weighted by molar-refractivity contribution is 0.600. The molecule has 0 atom stereocenters. The summed E-state index contributed by atoms with van der Waals surface area (Å²) in [6.45, 7) is 0. The van der Waals surface area contributed by atoms with E-state index < -0.39 is 19.7 Å². The average molecular weight is 325 g/mol. The van der Waals surface area contributed by atoms with Gasteiger partial charge in [0.1, 0.15) is 0 Å². The SMILES string of the molecule is CS(=O)(=O)c1ccc(-c2ccc(S(C)(=O)=O)cc2N)cc1. The van der Waals surface area contributed by atoms with E-state index in [4.69, 9.17) is 5.73 Å². The van der Waals surface area contributed by atoms with E-state index in [9.17, 15) is 16.8 Å². The van der Waals surface area contributed by atoms with Gasteiger partial charge in [-0.15, -0.1) is 0 Å². The molecule has 2 aromatic rings. The van der Waals surface area contributed by atoms with Crippen molar-refractivity contribution >= 4 is 25.4 Å². The van der Waals surface area contributed by atoms with Gasteiger partial charge in [0.15, 0.2) is 19.7 Å². The molecule has 0 aliphatic carbocycles. The molecule has 0 aliphatic heterocycles. The fourth-order valence-electron chi connectivity index (χ4n) is 1.92. The summed E-state index contributed by atoms with van der Waals surface area (Å²) >= 11 is 0. The molecular formula is C14H15NO4S2. The smallest absolute Gasteiger partial charge is 0.175 e. The summed E-state index contributed by atoms with van der Waals surface area (Å²) in [7, 11) is -6.56. The molecule has 0 spiro atoms. The molecule has 0 saturated carbocycles. The van der Waals surface area contributed by atoms with Crippen LogP contribution in [0, 0.1) is 0 Å². The van der Waals surface area contributed by atoms with Crippen molar-refractivity contribution in [3.8, 4) is 11.1 Å². The molecule has 2 aromatic carbocycles. The minimum atomic E-state index is -3.31. The van der Waals surface area contributed by atoms with Gasteiger partial charge in [0, 0.05) is 23.8 Å². The quantitative estimate of drug-likeness (QED) is 0.868. The van der Waals surface area contributed by atoms with E-state index in [1.54, 1.807) is 18.2 Å². The number of hydrogen-bond donors (Lipinski definition) is 1. The summed E-state index contributed by atoms with van der Waals surface area (Å²) in [5.41, 5.74) is 7.59. The van der Waals surface area contributed by atoms with Crippen LogP contribution in [-0.4, -0.2) is 29.3 Å². The molecule has 5 nitrogen and oxygen atoms in total. The van der Waals surface area contributed by atoms with E-state index in [1.807, 2.05) is 0 Å². The van der Waals surface area contributed by atoms with Crippen LogP contribution in [0.2, 0.25) is 0 Å². The molecule has 2 N–H and O–H groups in total. The van der Waals surface area contributed by atoms with Crippen LogP contribution in [0.1, 0.15) is 0 Å². The lowest BCUT2D eigenvalue weighted by Gasteiger charge is -2.08. The Balaban J connectivity index is 2.48. The summed E-state index contributed by atoms with van der Waals surface area (Å²) in [6.07, 6.45) is 2.25. The monoisotopic (exact) mass is 325 g/mol. The summed E-state index contributed by atoms with van der Waals surface area (Å²) in [6, 6.07) is 10.8. The molecule has 21 heavy (non-hydrogen) atoms. The van der Waals surface area contributed by atoms with Crippen molar-refractivity contribution in [2.24, 2.45) is 0 Å². The van der Waals surface area contributed by atoms with Gasteiger partial charge < -0.3 is 5.73 Å². The van der Waals surface area contributed by atoms with Crippen LogP contribution in [0.15, 0.2) is 52.3 Å². The van der Waals surface area contributed by atoms with E-state index in [-0.39, 0.29) is 9.79 Å². The highest BCUT2D eigenvalue weighted by Gasteiger charge is 2.12. The number of anilines is 1. The van der Waals surface area contributed by atoms with Crippen molar-refractivity contribution in [3.63, 3.8) is 0 Å². The maximum absolute atomic E-state index is 11.5. The Morgan fingerprint density at radius 1 is 0.762 bits per heavy atom. The maximum atomic E-state index is 11.5. The molecule has 0 radical (unpaired) electrons. The van der Waals surface area contributed by atoms with Crippen molar-refractivity contribution in [3.05, 3.63) is 42.5 Å². The molecule has 0 fully saturated rings.